The summed E-state index contributed by atoms with van der Waals surface area (Å²) in [5.74, 6) is -2.25. The SMILES string of the molecule is CNC(O)N(C(C)=O)c1cccc2c(C[C@H](NC(=O)C3(Cc4cc(Cl)cc(C(F)(F)F)c4)CC3)C(=O)O)cccc12. The number of aliphatic carboxylic acids is 1. The van der Waals surface area contributed by atoms with Gasteiger partial charge in [0.15, 0.2) is 6.35 Å². The predicted molar refractivity (Wildman–Crippen MR) is 147 cm³/mol. The molecule has 0 radical (unpaired) electrons. The lowest BCUT2D eigenvalue weighted by Crippen LogP contribution is -2.47. The van der Waals surface area contributed by atoms with Gasteiger partial charge in [-0.25, -0.2) is 4.79 Å². The summed E-state index contributed by atoms with van der Waals surface area (Å²) >= 11 is 5.90. The lowest BCUT2D eigenvalue weighted by Gasteiger charge is -2.28. The fraction of sp³-hybridized carbons (Fsp3) is 0.345. The van der Waals surface area contributed by atoms with Crippen molar-refractivity contribution in [2.45, 2.75) is 51.2 Å². The number of hydrogen-bond acceptors (Lipinski definition) is 5. The van der Waals surface area contributed by atoms with E-state index in [0.29, 0.717) is 34.9 Å². The van der Waals surface area contributed by atoms with Gasteiger partial charge in [0.25, 0.3) is 0 Å². The molecule has 0 aromatic heterocycles. The Bertz CT molecular complexity index is 1490. The Hall–Kier alpha value is -3.67. The first-order valence-corrected chi connectivity index (χ1v) is 13.2. The zero-order chi connectivity index (χ0) is 30.1. The molecule has 0 saturated heterocycles. The minimum Gasteiger partial charge on any atom is -0.480 e. The molecule has 4 N–H and O–H groups in total. The largest absolute Gasteiger partial charge is 0.480 e. The summed E-state index contributed by atoms with van der Waals surface area (Å²) in [6, 6.07) is 12.0. The minimum absolute atomic E-state index is 0.0128. The van der Waals surface area contributed by atoms with Crippen LogP contribution in [-0.2, 0) is 33.4 Å². The lowest BCUT2D eigenvalue weighted by molar-refractivity contribution is -0.142. The first-order valence-electron chi connectivity index (χ1n) is 12.8. The molecule has 1 fully saturated rings. The zero-order valence-electron chi connectivity index (χ0n) is 22.3. The van der Waals surface area contributed by atoms with Gasteiger partial charge in [-0.15, -0.1) is 0 Å². The molecule has 1 aliphatic carbocycles. The van der Waals surface area contributed by atoms with Gasteiger partial charge in [-0.05, 0) is 67.1 Å². The Kier molecular flexibility index (Phi) is 8.62. The fourth-order valence-electron chi connectivity index (χ4n) is 5.02. The number of amides is 2. The van der Waals surface area contributed by atoms with E-state index in [1.807, 2.05) is 0 Å². The molecule has 0 heterocycles. The molecule has 8 nitrogen and oxygen atoms in total. The maximum atomic E-state index is 13.3. The van der Waals surface area contributed by atoms with Gasteiger partial charge in [-0.2, -0.15) is 13.2 Å². The van der Waals surface area contributed by atoms with E-state index < -0.39 is 47.3 Å². The molecular weight excluding hydrogens is 563 g/mol. The van der Waals surface area contributed by atoms with Crippen LogP contribution in [0.5, 0.6) is 0 Å². The van der Waals surface area contributed by atoms with E-state index in [0.717, 1.165) is 12.1 Å². The van der Waals surface area contributed by atoms with Crippen LogP contribution in [0, 0.1) is 5.41 Å². The number of nitrogens with one attached hydrogen (secondary N) is 2. The molecule has 0 spiro atoms. The van der Waals surface area contributed by atoms with Gasteiger partial charge < -0.3 is 15.5 Å². The van der Waals surface area contributed by atoms with Gasteiger partial charge in [0.05, 0.1) is 16.7 Å². The number of hydrogen-bond donors (Lipinski definition) is 4. The highest BCUT2D eigenvalue weighted by atomic mass is 35.5. The molecule has 1 aliphatic rings. The third kappa shape index (κ3) is 6.64. The number of benzene rings is 3. The summed E-state index contributed by atoms with van der Waals surface area (Å²) in [5.41, 5.74) is -0.719. The highest BCUT2D eigenvalue weighted by Gasteiger charge is 2.50. The molecule has 4 rings (SSSR count). The first kappa shape index (κ1) is 30.3. The predicted octanol–water partition coefficient (Wildman–Crippen LogP) is 4.50. The molecule has 2 amide bonds. The van der Waals surface area contributed by atoms with Crippen LogP contribution in [0.15, 0.2) is 54.6 Å². The van der Waals surface area contributed by atoms with E-state index in [1.54, 1.807) is 36.4 Å². The van der Waals surface area contributed by atoms with Crippen LogP contribution < -0.4 is 15.5 Å². The van der Waals surface area contributed by atoms with E-state index in [9.17, 15) is 37.8 Å². The van der Waals surface area contributed by atoms with E-state index >= 15 is 0 Å². The van der Waals surface area contributed by atoms with E-state index in [2.05, 4.69) is 10.6 Å². The van der Waals surface area contributed by atoms with Crippen LogP contribution in [0.1, 0.15) is 36.5 Å². The van der Waals surface area contributed by atoms with Gasteiger partial charge in [0.1, 0.15) is 6.04 Å². The van der Waals surface area contributed by atoms with Crippen molar-refractivity contribution in [3.63, 3.8) is 0 Å². The van der Waals surface area contributed by atoms with Crippen LogP contribution in [0.3, 0.4) is 0 Å². The number of nitrogens with zero attached hydrogens (tertiary/aromatic N) is 1. The van der Waals surface area contributed by atoms with Crippen molar-refractivity contribution >= 4 is 45.8 Å². The van der Waals surface area contributed by atoms with Gasteiger partial charge in [-0.1, -0.05) is 41.9 Å². The van der Waals surface area contributed by atoms with Crippen molar-refractivity contribution in [2.75, 3.05) is 11.9 Å². The van der Waals surface area contributed by atoms with Gasteiger partial charge in [-0.3, -0.25) is 19.8 Å². The standard InChI is InChI=1S/C29H29ClF3N3O5/c1-16(37)36(27(41)34-2)24-8-4-6-21-18(5-3-7-22(21)24)13-23(25(38)39)35-26(40)28(9-10-28)15-17-11-19(29(31,32)33)14-20(30)12-17/h3-8,11-12,14,23,27,34,41H,9-10,13,15H2,1-2H3,(H,35,40)(H,38,39)/t23-,27?/m0/s1. The van der Waals surface area contributed by atoms with Crippen LogP contribution in [0.25, 0.3) is 10.8 Å². The second-order valence-electron chi connectivity index (χ2n) is 10.2. The molecular formula is C29H29ClF3N3O5. The molecule has 1 saturated carbocycles. The molecule has 12 heteroatoms. The van der Waals surface area contributed by atoms with Crippen LogP contribution in [0.4, 0.5) is 18.9 Å². The van der Waals surface area contributed by atoms with Crippen molar-refractivity contribution in [2.24, 2.45) is 5.41 Å². The van der Waals surface area contributed by atoms with E-state index in [1.165, 1.54) is 24.9 Å². The van der Waals surface area contributed by atoms with Crippen LogP contribution >= 0.6 is 11.6 Å². The lowest BCUT2D eigenvalue weighted by atomic mass is 9.93. The fourth-order valence-corrected chi connectivity index (χ4v) is 5.28. The number of carboxylic acids is 1. The van der Waals surface area contributed by atoms with Crippen molar-refractivity contribution < 1.29 is 37.8 Å². The Balaban J connectivity index is 1.59. The third-order valence-corrected chi connectivity index (χ3v) is 7.50. The third-order valence-electron chi connectivity index (χ3n) is 7.28. The average molecular weight is 592 g/mol. The second kappa shape index (κ2) is 11.7. The molecule has 41 heavy (non-hydrogen) atoms. The number of aliphatic hydroxyl groups excluding tert-OH is 1. The van der Waals surface area contributed by atoms with Crippen LogP contribution in [0.2, 0.25) is 5.02 Å². The smallest absolute Gasteiger partial charge is 0.416 e. The Labute approximate surface area is 239 Å². The number of carbonyl (C=O) groups is 3. The molecule has 2 atom stereocenters. The van der Waals surface area contributed by atoms with Gasteiger partial charge >= 0.3 is 12.1 Å². The summed E-state index contributed by atoms with van der Waals surface area (Å²) in [6.07, 6.45) is -5.22. The second-order valence-corrected chi connectivity index (χ2v) is 10.6. The average Bonchev–Trinajstić information content (AvgIpc) is 3.68. The monoisotopic (exact) mass is 591 g/mol. The minimum atomic E-state index is -4.60. The Morgan fingerprint density at radius 2 is 1.73 bits per heavy atom. The van der Waals surface area contributed by atoms with Gasteiger partial charge in [0, 0.05) is 23.8 Å². The van der Waals surface area contributed by atoms with Gasteiger partial charge in [0.2, 0.25) is 11.8 Å². The number of fused-ring (bicyclic) bond motifs is 1. The molecule has 3 aromatic rings. The topological polar surface area (TPSA) is 119 Å². The Morgan fingerprint density at radius 3 is 2.32 bits per heavy atom. The maximum Gasteiger partial charge on any atom is 0.416 e. The number of carboxylic acid groups (broad SMARTS) is 1. The number of alkyl halides is 3. The normalized spacial score (nSPS) is 15.7. The summed E-state index contributed by atoms with van der Waals surface area (Å²) in [4.78, 5) is 39.0. The highest BCUT2D eigenvalue weighted by molar-refractivity contribution is 6.30. The maximum absolute atomic E-state index is 13.3. The van der Waals surface area contributed by atoms with Crippen molar-refractivity contribution in [3.8, 4) is 0 Å². The van der Waals surface area contributed by atoms with E-state index in [4.69, 9.17) is 11.6 Å². The van der Waals surface area contributed by atoms with Crippen LogP contribution in [-0.4, -0.2) is 47.4 Å². The molecule has 3 aromatic carbocycles. The number of halogens is 4. The first-order chi connectivity index (χ1) is 19.3. The summed E-state index contributed by atoms with van der Waals surface area (Å²) < 4.78 is 39.8. The number of aliphatic hydroxyl groups is 1. The van der Waals surface area contributed by atoms with Crippen molar-refractivity contribution in [1.29, 1.82) is 0 Å². The molecule has 0 bridgehead atoms. The number of anilines is 1. The number of carbonyl (C=O) groups excluding carboxylic acids is 2. The van der Waals surface area contributed by atoms with Crippen molar-refractivity contribution in [3.05, 3.63) is 76.3 Å². The Morgan fingerprint density at radius 1 is 1.07 bits per heavy atom. The van der Waals surface area contributed by atoms with E-state index in [-0.39, 0.29) is 23.4 Å². The van der Waals surface area contributed by atoms with Crippen molar-refractivity contribution in [1.82, 2.24) is 10.6 Å². The highest BCUT2D eigenvalue weighted by Crippen LogP contribution is 2.49. The molecule has 1 unspecified atom stereocenters. The summed E-state index contributed by atoms with van der Waals surface area (Å²) in [6.45, 7) is 1.31. The summed E-state index contributed by atoms with van der Waals surface area (Å²) in [5, 5.41) is 26.6. The number of rotatable bonds is 10. The zero-order valence-corrected chi connectivity index (χ0v) is 23.0. The quantitative estimate of drug-likeness (QED) is 0.258. The summed E-state index contributed by atoms with van der Waals surface area (Å²) in [7, 11) is 1.49. The molecule has 218 valence electrons. The molecule has 0 aliphatic heterocycles.